The molecule has 160 valence electrons. The molecule has 0 aromatic heterocycles. The van der Waals surface area contributed by atoms with Crippen molar-refractivity contribution in [2.24, 2.45) is 4.99 Å². The quantitative estimate of drug-likeness (QED) is 0.243. The normalized spacial score (nSPS) is 15.8. The van der Waals surface area contributed by atoms with Gasteiger partial charge in [0.05, 0.1) is 26.2 Å². The zero-order chi connectivity index (χ0) is 22.7. The molecule has 32 heavy (non-hydrogen) atoms. The summed E-state index contributed by atoms with van der Waals surface area (Å²) in [5.74, 6) is -0.818. The molecular formula is C23H13Cl3N2O3S. The molecule has 5 nitrogen and oxygen atoms in total. The van der Waals surface area contributed by atoms with Gasteiger partial charge in [0.1, 0.15) is 0 Å². The van der Waals surface area contributed by atoms with Crippen LogP contribution in [-0.4, -0.2) is 17.0 Å². The topological polar surface area (TPSA) is 67.8 Å². The van der Waals surface area contributed by atoms with Crippen LogP contribution in [0.25, 0.3) is 6.08 Å². The Hall–Kier alpha value is -2.77. The fourth-order valence-corrected chi connectivity index (χ4v) is 4.30. The molecular weight excluding hydrogens is 491 g/mol. The smallest absolute Gasteiger partial charge is 0.343 e. The van der Waals surface area contributed by atoms with E-state index < -0.39 is 5.97 Å². The van der Waals surface area contributed by atoms with Crippen LogP contribution in [0.4, 0.5) is 5.69 Å². The molecule has 0 saturated carbocycles. The second-order valence-electron chi connectivity index (χ2n) is 6.53. The van der Waals surface area contributed by atoms with Crippen LogP contribution in [0.3, 0.4) is 0 Å². The van der Waals surface area contributed by atoms with Crippen LogP contribution >= 0.6 is 46.6 Å². The Morgan fingerprint density at radius 3 is 2.28 bits per heavy atom. The van der Waals surface area contributed by atoms with Crippen molar-refractivity contribution < 1.29 is 14.3 Å². The predicted octanol–water partition coefficient (Wildman–Crippen LogP) is 6.76. The number of nitrogens with one attached hydrogen (secondary N) is 1. The fourth-order valence-electron chi connectivity index (χ4n) is 2.75. The Kier molecular flexibility index (Phi) is 6.86. The van der Waals surface area contributed by atoms with Gasteiger partial charge in [0.25, 0.3) is 5.91 Å². The highest BCUT2D eigenvalue weighted by Gasteiger charge is 2.24. The first-order valence-electron chi connectivity index (χ1n) is 9.20. The lowest BCUT2D eigenvalue weighted by Crippen LogP contribution is -2.19. The summed E-state index contributed by atoms with van der Waals surface area (Å²) < 4.78 is 5.36. The van der Waals surface area contributed by atoms with Crippen molar-refractivity contribution in [1.29, 1.82) is 0 Å². The molecule has 1 aliphatic heterocycles. The fraction of sp³-hybridized carbons (Fsp3) is 0. The molecule has 0 spiro atoms. The molecule has 0 radical (unpaired) electrons. The summed E-state index contributed by atoms with van der Waals surface area (Å²) >= 11 is 19.7. The highest BCUT2D eigenvalue weighted by Crippen LogP contribution is 2.37. The first-order chi connectivity index (χ1) is 15.4. The molecule has 9 heteroatoms. The standard InChI is InChI=1S/C23H13Cl3N2O3S/c24-15-6-8-16(9-7-15)27-23-28-21(29)19(32-23)12-13-10-17(25)20(18(26)11-13)31-22(30)14-4-2-1-3-5-14/h1-12H,(H,27,28,29)/b19-12-. The van der Waals surface area contributed by atoms with Crippen LogP contribution in [0.2, 0.25) is 15.1 Å². The van der Waals surface area contributed by atoms with Crippen molar-refractivity contribution in [3.05, 3.63) is 97.8 Å². The number of benzene rings is 3. The minimum absolute atomic E-state index is 0.0536. The van der Waals surface area contributed by atoms with Crippen molar-refractivity contribution in [3.63, 3.8) is 0 Å². The molecule has 1 amide bonds. The lowest BCUT2D eigenvalue weighted by molar-refractivity contribution is -0.115. The molecule has 1 fully saturated rings. The highest BCUT2D eigenvalue weighted by atomic mass is 35.5. The molecule has 3 aromatic rings. The summed E-state index contributed by atoms with van der Waals surface area (Å²) in [6.45, 7) is 0. The number of nitrogens with zero attached hydrogens (tertiary/aromatic N) is 1. The van der Waals surface area contributed by atoms with E-state index in [2.05, 4.69) is 10.3 Å². The van der Waals surface area contributed by atoms with Gasteiger partial charge in [-0.25, -0.2) is 9.79 Å². The van der Waals surface area contributed by atoms with Gasteiger partial charge in [0.15, 0.2) is 10.9 Å². The Morgan fingerprint density at radius 1 is 0.969 bits per heavy atom. The van der Waals surface area contributed by atoms with Gasteiger partial charge in [-0.15, -0.1) is 0 Å². The first kappa shape index (κ1) is 22.4. The molecule has 3 aromatic carbocycles. The zero-order valence-corrected chi connectivity index (χ0v) is 19.2. The van der Waals surface area contributed by atoms with Crippen molar-refractivity contribution in [2.45, 2.75) is 0 Å². The van der Waals surface area contributed by atoms with Crippen molar-refractivity contribution in [3.8, 4) is 5.75 Å². The lowest BCUT2D eigenvalue weighted by Gasteiger charge is -2.09. The van der Waals surface area contributed by atoms with E-state index in [1.54, 1.807) is 72.8 Å². The molecule has 1 N–H and O–H groups in total. The van der Waals surface area contributed by atoms with Crippen LogP contribution < -0.4 is 10.1 Å². The number of carbonyl (C=O) groups is 2. The van der Waals surface area contributed by atoms with Gasteiger partial charge in [-0.1, -0.05) is 53.0 Å². The Bertz CT molecular complexity index is 1240. The molecule has 4 rings (SSSR count). The van der Waals surface area contributed by atoms with Gasteiger partial charge in [-0.3, -0.25) is 4.79 Å². The van der Waals surface area contributed by atoms with Gasteiger partial charge >= 0.3 is 5.97 Å². The van der Waals surface area contributed by atoms with E-state index in [0.717, 1.165) is 0 Å². The number of ether oxygens (including phenoxy) is 1. The SMILES string of the molecule is O=C1NC(=Nc2ccc(Cl)cc2)S/C1=C\c1cc(Cl)c(OC(=O)c2ccccc2)c(Cl)c1. The molecule has 1 heterocycles. The van der Waals surface area contributed by atoms with Gasteiger partial charge in [0, 0.05) is 5.02 Å². The summed E-state index contributed by atoms with van der Waals surface area (Å²) in [6, 6.07) is 18.6. The van der Waals surface area contributed by atoms with E-state index >= 15 is 0 Å². The van der Waals surface area contributed by atoms with Crippen LogP contribution in [0.1, 0.15) is 15.9 Å². The average molecular weight is 504 g/mol. The Balaban J connectivity index is 1.53. The van der Waals surface area contributed by atoms with Gasteiger partial charge in [-0.05, 0) is 71.9 Å². The predicted molar refractivity (Wildman–Crippen MR) is 130 cm³/mol. The average Bonchev–Trinajstić information content (AvgIpc) is 3.11. The highest BCUT2D eigenvalue weighted by molar-refractivity contribution is 8.18. The molecule has 0 atom stereocenters. The number of hydrogen-bond acceptors (Lipinski definition) is 5. The van der Waals surface area contributed by atoms with E-state index in [4.69, 9.17) is 39.5 Å². The van der Waals surface area contributed by atoms with Gasteiger partial charge in [-0.2, -0.15) is 0 Å². The Morgan fingerprint density at radius 2 is 1.62 bits per heavy atom. The third-order valence-corrected chi connectivity index (χ3v) is 5.95. The molecule has 0 aliphatic carbocycles. The number of amides is 1. The molecule has 0 bridgehead atoms. The molecule has 0 unspecified atom stereocenters. The second kappa shape index (κ2) is 9.79. The van der Waals surface area contributed by atoms with Crippen LogP contribution in [0, 0.1) is 0 Å². The van der Waals surface area contributed by atoms with Crippen LogP contribution in [0.15, 0.2) is 76.6 Å². The van der Waals surface area contributed by atoms with E-state index in [1.807, 2.05) is 0 Å². The number of thioether (sulfide) groups is 1. The Labute approximate surface area is 203 Å². The van der Waals surface area contributed by atoms with E-state index in [0.29, 0.717) is 31.9 Å². The number of carbonyl (C=O) groups excluding carboxylic acids is 2. The van der Waals surface area contributed by atoms with Crippen molar-refractivity contribution in [1.82, 2.24) is 5.32 Å². The number of aliphatic imine (C=N–C) groups is 1. The van der Waals surface area contributed by atoms with E-state index in [9.17, 15) is 9.59 Å². The van der Waals surface area contributed by atoms with Gasteiger partial charge in [0.2, 0.25) is 0 Å². The lowest BCUT2D eigenvalue weighted by atomic mass is 10.2. The summed E-state index contributed by atoms with van der Waals surface area (Å²) in [4.78, 5) is 29.4. The first-order valence-corrected chi connectivity index (χ1v) is 11.2. The van der Waals surface area contributed by atoms with Crippen LogP contribution in [0.5, 0.6) is 5.75 Å². The van der Waals surface area contributed by atoms with E-state index in [1.165, 1.54) is 11.8 Å². The minimum Gasteiger partial charge on any atom is -0.420 e. The zero-order valence-electron chi connectivity index (χ0n) is 16.1. The minimum atomic E-state index is -0.575. The number of esters is 1. The number of halogens is 3. The third-order valence-electron chi connectivity index (χ3n) is 4.23. The maximum Gasteiger partial charge on any atom is 0.343 e. The number of amidine groups is 1. The summed E-state index contributed by atoms with van der Waals surface area (Å²) in [5, 5.41) is 4.04. The monoisotopic (exact) mass is 502 g/mol. The van der Waals surface area contributed by atoms with Crippen molar-refractivity contribution >= 4 is 75.4 Å². The summed E-state index contributed by atoms with van der Waals surface area (Å²) in [7, 11) is 0. The molecule has 1 aliphatic rings. The maximum absolute atomic E-state index is 12.3. The van der Waals surface area contributed by atoms with Crippen molar-refractivity contribution in [2.75, 3.05) is 0 Å². The summed E-state index contributed by atoms with van der Waals surface area (Å²) in [5.41, 5.74) is 1.61. The van der Waals surface area contributed by atoms with E-state index in [-0.39, 0.29) is 21.7 Å². The number of rotatable bonds is 4. The third kappa shape index (κ3) is 5.34. The second-order valence-corrected chi connectivity index (χ2v) is 8.81. The summed E-state index contributed by atoms with van der Waals surface area (Å²) in [6.07, 6.45) is 1.63. The largest absolute Gasteiger partial charge is 0.420 e. The maximum atomic E-state index is 12.3. The number of hydrogen-bond donors (Lipinski definition) is 1. The molecule has 1 saturated heterocycles. The van der Waals surface area contributed by atoms with Crippen LogP contribution in [-0.2, 0) is 4.79 Å². The van der Waals surface area contributed by atoms with Gasteiger partial charge < -0.3 is 10.1 Å².